The van der Waals surface area contributed by atoms with Gasteiger partial charge >= 0.3 is 10.8 Å². The van der Waals surface area contributed by atoms with E-state index in [0.717, 1.165) is 4.31 Å². The average molecular weight is 292 g/mol. The summed E-state index contributed by atoms with van der Waals surface area (Å²) in [5.41, 5.74) is 0.199. The molecule has 7 nitrogen and oxygen atoms in total. The van der Waals surface area contributed by atoms with Crippen LogP contribution in [-0.4, -0.2) is 41.9 Å². The van der Waals surface area contributed by atoms with Gasteiger partial charge in [-0.1, -0.05) is 17.4 Å². The highest BCUT2D eigenvalue weighted by molar-refractivity contribution is 7.91. The number of nitrogens with one attached hydrogen (secondary N) is 1. The molecular formula is C9H12N2O5S2. The van der Waals surface area contributed by atoms with Gasteiger partial charge in [0.2, 0.25) is 0 Å². The first kappa shape index (κ1) is 14.6. The lowest BCUT2D eigenvalue weighted by atomic mass is 10.6. The van der Waals surface area contributed by atoms with Crippen molar-refractivity contribution in [1.29, 1.82) is 0 Å². The fourth-order valence-corrected chi connectivity index (χ4v) is 4.09. The van der Waals surface area contributed by atoms with Gasteiger partial charge in [0, 0.05) is 12.2 Å². The standard InChI is InChI=1S/C9H12N2O5S2/c1-3-4-11(5-7(12)13)18(15,16)8-6(2)10-9(14)17-8/h3H,1,4-5H2,2H3,(H,10,14)(H,12,13). The van der Waals surface area contributed by atoms with Gasteiger partial charge < -0.3 is 10.1 Å². The third-order valence-corrected chi connectivity index (χ3v) is 5.39. The fourth-order valence-electron chi connectivity index (χ4n) is 1.30. The van der Waals surface area contributed by atoms with Crippen molar-refractivity contribution in [3.8, 4) is 0 Å². The van der Waals surface area contributed by atoms with E-state index in [1.165, 1.54) is 13.0 Å². The predicted octanol–water partition coefficient (Wildman–Crippen LogP) is 0.00612. The molecule has 2 N–H and O–H groups in total. The summed E-state index contributed by atoms with van der Waals surface area (Å²) in [6.45, 7) is 4.00. The molecule has 9 heteroatoms. The Balaban J connectivity index is 3.24. The summed E-state index contributed by atoms with van der Waals surface area (Å²) >= 11 is 0.535. The van der Waals surface area contributed by atoms with Crippen molar-refractivity contribution in [2.75, 3.05) is 13.1 Å². The van der Waals surface area contributed by atoms with Crippen LogP contribution in [0.4, 0.5) is 0 Å². The van der Waals surface area contributed by atoms with Gasteiger partial charge in [-0.3, -0.25) is 9.59 Å². The molecule has 100 valence electrons. The molecule has 18 heavy (non-hydrogen) atoms. The summed E-state index contributed by atoms with van der Waals surface area (Å²) in [6, 6.07) is 0. The molecule has 0 bridgehead atoms. The minimum absolute atomic E-state index is 0.139. The number of hydrogen-bond acceptors (Lipinski definition) is 5. The van der Waals surface area contributed by atoms with Gasteiger partial charge in [-0.25, -0.2) is 8.42 Å². The largest absolute Gasteiger partial charge is 0.480 e. The third-order valence-electron chi connectivity index (χ3n) is 2.00. The topological polar surface area (TPSA) is 108 Å². The zero-order valence-electron chi connectivity index (χ0n) is 9.54. The van der Waals surface area contributed by atoms with Crippen LogP contribution >= 0.6 is 11.3 Å². The Hall–Kier alpha value is -1.45. The van der Waals surface area contributed by atoms with Gasteiger partial charge in [0.05, 0.1) is 0 Å². The second kappa shape index (κ2) is 5.46. The van der Waals surface area contributed by atoms with E-state index in [1.54, 1.807) is 0 Å². The molecule has 0 aromatic carbocycles. The van der Waals surface area contributed by atoms with Crippen molar-refractivity contribution in [2.45, 2.75) is 11.1 Å². The molecule has 0 radical (unpaired) electrons. The summed E-state index contributed by atoms with van der Waals surface area (Å²) in [7, 11) is -4.00. The molecule has 0 atom stereocenters. The van der Waals surface area contributed by atoms with E-state index in [9.17, 15) is 18.0 Å². The highest BCUT2D eigenvalue weighted by atomic mass is 32.2. The maximum Gasteiger partial charge on any atom is 0.318 e. The molecule has 1 heterocycles. The number of thiazole rings is 1. The second-order valence-electron chi connectivity index (χ2n) is 3.41. The van der Waals surface area contributed by atoms with Crippen molar-refractivity contribution in [1.82, 2.24) is 9.29 Å². The highest BCUT2D eigenvalue weighted by Gasteiger charge is 2.29. The molecule has 0 aliphatic heterocycles. The molecule has 0 amide bonds. The van der Waals surface area contributed by atoms with Crippen LogP contribution in [0, 0.1) is 6.92 Å². The number of sulfonamides is 1. The first-order valence-corrected chi connectivity index (χ1v) is 7.07. The summed E-state index contributed by atoms with van der Waals surface area (Å²) in [5.74, 6) is -1.28. The first-order chi connectivity index (χ1) is 8.28. The fraction of sp³-hybridized carbons (Fsp3) is 0.333. The Morgan fingerprint density at radius 2 is 2.22 bits per heavy atom. The Bertz CT molecular complexity index is 613. The number of aliphatic carboxylic acids is 1. The predicted molar refractivity (Wildman–Crippen MR) is 66.3 cm³/mol. The minimum Gasteiger partial charge on any atom is -0.480 e. The molecule has 0 fully saturated rings. The summed E-state index contributed by atoms with van der Waals surface area (Å²) in [6.07, 6.45) is 1.28. The van der Waals surface area contributed by atoms with Gasteiger partial charge in [-0.15, -0.1) is 6.58 Å². The molecule has 0 saturated carbocycles. The maximum atomic E-state index is 12.2. The van der Waals surface area contributed by atoms with Crippen LogP contribution in [-0.2, 0) is 14.8 Å². The molecule has 0 unspecified atom stereocenters. The van der Waals surface area contributed by atoms with E-state index in [-0.39, 0.29) is 16.4 Å². The zero-order chi connectivity index (χ0) is 13.9. The highest BCUT2D eigenvalue weighted by Crippen LogP contribution is 2.20. The van der Waals surface area contributed by atoms with Gasteiger partial charge in [-0.2, -0.15) is 4.31 Å². The molecular weight excluding hydrogens is 280 g/mol. The summed E-state index contributed by atoms with van der Waals surface area (Å²) in [4.78, 5) is 23.6. The van der Waals surface area contributed by atoms with E-state index in [0.29, 0.717) is 11.3 Å². The van der Waals surface area contributed by atoms with Crippen LogP contribution in [0.25, 0.3) is 0 Å². The van der Waals surface area contributed by atoms with Crippen molar-refractivity contribution < 1.29 is 18.3 Å². The number of rotatable bonds is 6. The van der Waals surface area contributed by atoms with Gasteiger partial charge in [-0.05, 0) is 6.92 Å². The zero-order valence-corrected chi connectivity index (χ0v) is 11.2. The van der Waals surface area contributed by atoms with Crippen LogP contribution in [0.2, 0.25) is 0 Å². The van der Waals surface area contributed by atoms with E-state index in [4.69, 9.17) is 5.11 Å². The molecule has 0 aliphatic carbocycles. The van der Waals surface area contributed by atoms with Gasteiger partial charge in [0.1, 0.15) is 6.54 Å². The average Bonchev–Trinajstić information content (AvgIpc) is 2.57. The Morgan fingerprint density at radius 1 is 1.61 bits per heavy atom. The van der Waals surface area contributed by atoms with Crippen molar-refractivity contribution in [3.63, 3.8) is 0 Å². The van der Waals surface area contributed by atoms with Crippen LogP contribution in [0.5, 0.6) is 0 Å². The smallest absolute Gasteiger partial charge is 0.318 e. The normalized spacial score (nSPS) is 11.7. The van der Waals surface area contributed by atoms with Gasteiger partial charge in [0.15, 0.2) is 4.21 Å². The Morgan fingerprint density at radius 3 is 2.61 bits per heavy atom. The third kappa shape index (κ3) is 3.06. The molecule has 0 saturated heterocycles. The van der Waals surface area contributed by atoms with Crippen LogP contribution in [0.15, 0.2) is 21.7 Å². The number of carboxylic acids is 1. The van der Waals surface area contributed by atoms with Crippen molar-refractivity contribution in [3.05, 3.63) is 28.0 Å². The molecule has 0 aliphatic rings. The van der Waals surface area contributed by atoms with Crippen molar-refractivity contribution >= 4 is 27.3 Å². The maximum absolute atomic E-state index is 12.2. The Kier molecular flexibility index (Phi) is 4.43. The molecule has 1 aromatic heterocycles. The molecule has 1 aromatic rings. The number of hydrogen-bond donors (Lipinski definition) is 2. The van der Waals surface area contributed by atoms with Crippen molar-refractivity contribution in [2.24, 2.45) is 0 Å². The lowest BCUT2D eigenvalue weighted by Crippen LogP contribution is -2.35. The molecule has 1 rings (SSSR count). The summed E-state index contributed by atoms with van der Waals surface area (Å²) in [5, 5.41) is 8.69. The van der Waals surface area contributed by atoms with E-state index >= 15 is 0 Å². The second-order valence-corrected chi connectivity index (χ2v) is 6.52. The number of aromatic amines is 1. The van der Waals surface area contributed by atoms with E-state index in [2.05, 4.69) is 11.6 Å². The number of carboxylic acid groups (broad SMARTS) is 1. The number of aryl methyl sites for hydroxylation is 1. The number of nitrogens with zero attached hydrogens (tertiary/aromatic N) is 1. The summed E-state index contributed by atoms with van der Waals surface area (Å²) < 4.78 is 24.9. The lowest BCUT2D eigenvalue weighted by Gasteiger charge is -2.17. The van der Waals surface area contributed by atoms with E-state index in [1.807, 2.05) is 0 Å². The Labute approximate surface area is 107 Å². The molecule has 0 spiro atoms. The minimum atomic E-state index is -4.00. The van der Waals surface area contributed by atoms with Crippen LogP contribution in [0.3, 0.4) is 0 Å². The van der Waals surface area contributed by atoms with E-state index < -0.39 is 27.4 Å². The van der Waals surface area contributed by atoms with Crippen LogP contribution in [0.1, 0.15) is 5.69 Å². The first-order valence-electron chi connectivity index (χ1n) is 4.81. The quantitative estimate of drug-likeness (QED) is 0.718. The number of H-pyrrole nitrogens is 1. The number of aromatic nitrogens is 1. The van der Waals surface area contributed by atoms with Crippen LogP contribution < -0.4 is 4.87 Å². The SMILES string of the molecule is C=CCN(CC(=O)O)S(=O)(=O)c1sc(=O)[nH]c1C. The van der Waals surface area contributed by atoms with Gasteiger partial charge in [0.25, 0.3) is 10.0 Å². The monoisotopic (exact) mass is 292 g/mol. The lowest BCUT2D eigenvalue weighted by molar-refractivity contribution is -0.137. The number of carbonyl (C=O) groups is 1.